The maximum absolute atomic E-state index is 17.7. The normalized spacial score (nSPS) is 24.9. The van der Waals surface area contributed by atoms with E-state index in [9.17, 15) is 9.18 Å². The summed E-state index contributed by atoms with van der Waals surface area (Å²) in [5.41, 5.74) is -0.399. The van der Waals surface area contributed by atoms with Gasteiger partial charge in [0.25, 0.3) is 0 Å². The lowest BCUT2D eigenvalue weighted by Crippen LogP contribution is -2.63. The molecule has 15 heteroatoms. The van der Waals surface area contributed by atoms with Crippen molar-refractivity contribution in [3.63, 3.8) is 0 Å². The van der Waals surface area contributed by atoms with E-state index in [1.54, 1.807) is 30.0 Å². The summed E-state index contributed by atoms with van der Waals surface area (Å²) in [4.78, 5) is 34.0. The van der Waals surface area contributed by atoms with Gasteiger partial charge in [-0.2, -0.15) is 9.97 Å². The number of ether oxygens (including phenoxy) is 5. The Morgan fingerprint density at radius 3 is 2.69 bits per heavy atom. The van der Waals surface area contributed by atoms with Crippen molar-refractivity contribution in [3.8, 4) is 40.7 Å². The monoisotopic (exact) mass is 798 g/mol. The van der Waals surface area contributed by atoms with Gasteiger partial charge in [-0.25, -0.2) is 22.9 Å². The number of benzene rings is 2. The highest BCUT2D eigenvalue weighted by molar-refractivity contribution is 6.04. The minimum absolute atomic E-state index is 0.0588. The van der Waals surface area contributed by atoms with Crippen molar-refractivity contribution in [2.45, 2.75) is 88.8 Å². The number of hydrogen-bond acceptors (Lipinski definition) is 11. The first-order valence-electron chi connectivity index (χ1n) is 19.6. The maximum atomic E-state index is 17.7. The largest absolute Gasteiger partial charge is 0.475 e. The molecule has 2 aromatic carbocycles. The van der Waals surface area contributed by atoms with Crippen molar-refractivity contribution < 1.29 is 41.7 Å². The lowest BCUT2D eigenvalue weighted by atomic mass is 9.93. The van der Waals surface area contributed by atoms with Crippen LogP contribution in [0.3, 0.4) is 0 Å². The predicted octanol–water partition coefficient (Wildman–Crippen LogP) is 6.95. The van der Waals surface area contributed by atoms with Crippen LogP contribution in [0.15, 0.2) is 36.4 Å². The van der Waals surface area contributed by atoms with Crippen LogP contribution in [0.25, 0.3) is 32.9 Å². The molecule has 0 spiro atoms. The molecule has 0 radical (unpaired) electrons. The van der Waals surface area contributed by atoms with Crippen LogP contribution in [0.4, 0.5) is 23.8 Å². The van der Waals surface area contributed by atoms with Gasteiger partial charge < -0.3 is 28.6 Å². The second-order valence-electron chi connectivity index (χ2n) is 16.9. The number of rotatable bonds is 7. The van der Waals surface area contributed by atoms with Crippen LogP contribution >= 0.6 is 0 Å². The third kappa shape index (κ3) is 6.41. The van der Waals surface area contributed by atoms with Gasteiger partial charge >= 0.3 is 12.1 Å². The molecule has 2 aromatic heterocycles. The Balaban J connectivity index is 1.22. The van der Waals surface area contributed by atoms with Crippen LogP contribution in [-0.2, 0) is 9.47 Å². The van der Waals surface area contributed by atoms with Crippen molar-refractivity contribution >= 4 is 33.6 Å². The molecule has 4 fully saturated rings. The Bertz CT molecular complexity index is 2430. The van der Waals surface area contributed by atoms with Gasteiger partial charge in [0.15, 0.2) is 12.6 Å². The fraction of sp³-hybridized carbons (Fsp3) is 0.488. The lowest BCUT2D eigenvalue weighted by molar-refractivity contribution is 0.00537. The number of methoxy groups -OCH3 is 1. The smallest absolute Gasteiger partial charge is 0.410 e. The highest BCUT2D eigenvalue weighted by Gasteiger charge is 2.53. The van der Waals surface area contributed by atoms with Crippen LogP contribution in [0.5, 0.6) is 17.6 Å². The van der Waals surface area contributed by atoms with Crippen LogP contribution in [0.1, 0.15) is 58.9 Å². The van der Waals surface area contributed by atoms with E-state index < -0.39 is 41.1 Å². The molecule has 4 aromatic rings. The van der Waals surface area contributed by atoms with Gasteiger partial charge in [0, 0.05) is 44.1 Å². The molecule has 5 atom stereocenters. The number of pyridine rings is 1. The maximum Gasteiger partial charge on any atom is 0.410 e. The summed E-state index contributed by atoms with van der Waals surface area (Å²) in [6, 6.07) is 5.09. The van der Waals surface area contributed by atoms with E-state index in [4.69, 9.17) is 38.6 Å². The minimum Gasteiger partial charge on any atom is -0.475 e. The second-order valence-corrected chi connectivity index (χ2v) is 16.9. The Morgan fingerprint density at radius 1 is 1.09 bits per heavy atom. The summed E-state index contributed by atoms with van der Waals surface area (Å²) in [5, 5.41) is 1.08. The van der Waals surface area contributed by atoms with Gasteiger partial charge in [-0.15, -0.1) is 5.92 Å². The molecular formula is C43H45F3N6O6. The minimum atomic E-state index is -1.02. The molecule has 7 heterocycles. The average molecular weight is 799 g/mol. The van der Waals surface area contributed by atoms with Gasteiger partial charge in [-0.1, -0.05) is 24.1 Å². The Hall–Kier alpha value is -5.33. The molecule has 304 valence electrons. The van der Waals surface area contributed by atoms with Gasteiger partial charge in [-0.05, 0) is 70.5 Å². The summed E-state index contributed by atoms with van der Waals surface area (Å²) >= 11 is 0. The van der Waals surface area contributed by atoms with Gasteiger partial charge in [0.1, 0.15) is 59.0 Å². The van der Waals surface area contributed by atoms with Crippen molar-refractivity contribution in [2.24, 2.45) is 0 Å². The number of fused-ring (bicyclic) bond motifs is 7. The van der Waals surface area contributed by atoms with E-state index in [-0.39, 0.29) is 84.7 Å². The SMILES string of the molecule is C=C1CN2C[C@H](F)C[C@@]2(COc2nc3c4c(nc(-c5cc(OCOC)cc6ccc(F)c(C#CC)c56)c(F)c4n2)OC[C@@H]2[C@@H]4CC[C@H](CN32)N4C(=O)OC(C)(C)C)C1. The zero-order valence-corrected chi connectivity index (χ0v) is 33.2. The highest BCUT2D eigenvalue weighted by Crippen LogP contribution is 2.47. The molecule has 4 saturated heterocycles. The number of amides is 1. The number of carbonyl (C=O) groups is 1. The van der Waals surface area contributed by atoms with E-state index in [1.807, 2.05) is 30.6 Å². The molecule has 0 saturated carbocycles. The highest BCUT2D eigenvalue weighted by atomic mass is 19.1. The standard InChI is InChI=1S/C43H45F3N6O6/c1-7-8-28-30(45)11-9-24-13-27(57-22-54-6)14-29(33(24)28)36-35(46)37-34-38(49-40(48-37)56-21-43-15-23(2)17-50(43)18-25(44)16-43)51-19-26-10-12-31(32(51)20-55-39(34)47-36)52(26)41(53)58-42(3,4)5/h9,11,13-14,25-26,31-32H,2,10,12,15-22H2,1,3-6H3/t25-,26-,31+,32-,43-/m1/s1. The first kappa shape index (κ1) is 38.2. The third-order valence-electron chi connectivity index (χ3n) is 11.8. The number of halogens is 3. The van der Waals surface area contributed by atoms with Crippen molar-refractivity contribution in [1.29, 1.82) is 0 Å². The van der Waals surface area contributed by atoms with Crippen LogP contribution in [-0.4, -0.2) is 113 Å². The number of aromatic nitrogens is 3. The van der Waals surface area contributed by atoms with Crippen molar-refractivity contribution in [1.82, 2.24) is 24.8 Å². The van der Waals surface area contributed by atoms with Gasteiger partial charge in [0.05, 0.1) is 29.2 Å². The Kier molecular flexibility index (Phi) is 9.35. The number of anilines is 1. The first-order chi connectivity index (χ1) is 27.8. The summed E-state index contributed by atoms with van der Waals surface area (Å²) in [6.07, 6.45) is 0.810. The third-order valence-corrected chi connectivity index (χ3v) is 11.8. The Labute approximate surface area is 334 Å². The number of hydrogen-bond donors (Lipinski definition) is 0. The van der Waals surface area contributed by atoms with Crippen LogP contribution in [0.2, 0.25) is 0 Å². The van der Waals surface area contributed by atoms with Crippen LogP contribution < -0.4 is 19.1 Å². The van der Waals surface area contributed by atoms with Crippen LogP contribution in [0, 0.1) is 23.5 Å². The molecule has 0 unspecified atom stereocenters. The zero-order valence-electron chi connectivity index (χ0n) is 33.2. The van der Waals surface area contributed by atoms with Gasteiger partial charge in [0.2, 0.25) is 5.88 Å². The predicted molar refractivity (Wildman–Crippen MR) is 210 cm³/mol. The number of nitrogens with zero attached hydrogens (tertiary/aromatic N) is 6. The summed E-state index contributed by atoms with van der Waals surface area (Å²) in [7, 11) is 1.48. The summed E-state index contributed by atoms with van der Waals surface area (Å²) in [5.74, 6) is 4.95. The van der Waals surface area contributed by atoms with Crippen molar-refractivity contribution in [3.05, 3.63) is 53.6 Å². The molecule has 58 heavy (non-hydrogen) atoms. The molecule has 12 nitrogen and oxygen atoms in total. The Morgan fingerprint density at radius 2 is 1.91 bits per heavy atom. The number of alkyl halides is 1. The number of carbonyl (C=O) groups excluding carboxylic acids is 1. The molecular weight excluding hydrogens is 754 g/mol. The van der Waals surface area contributed by atoms with E-state index in [2.05, 4.69) is 18.4 Å². The fourth-order valence-corrected chi connectivity index (χ4v) is 9.61. The van der Waals surface area contributed by atoms with Crippen molar-refractivity contribution in [2.75, 3.05) is 51.7 Å². The van der Waals surface area contributed by atoms with E-state index in [1.165, 1.54) is 13.2 Å². The molecule has 2 bridgehead atoms. The summed E-state index contributed by atoms with van der Waals surface area (Å²) < 4.78 is 77.8. The topological polar surface area (TPSA) is 112 Å². The van der Waals surface area contributed by atoms with E-state index in [0.29, 0.717) is 48.3 Å². The first-order valence-corrected chi connectivity index (χ1v) is 19.6. The molecule has 5 aliphatic heterocycles. The molecule has 5 aliphatic rings. The fourth-order valence-electron chi connectivity index (χ4n) is 9.61. The number of piperazine rings is 1. The molecule has 9 rings (SSSR count). The summed E-state index contributed by atoms with van der Waals surface area (Å²) in [6.45, 7) is 12.5. The van der Waals surface area contributed by atoms with E-state index in [0.717, 1.165) is 12.0 Å². The molecule has 1 amide bonds. The van der Waals surface area contributed by atoms with E-state index >= 15 is 8.78 Å². The molecule has 0 N–H and O–H groups in total. The quantitative estimate of drug-likeness (QED) is 0.110. The average Bonchev–Trinajstić information content (AvgIpc) is 3.73. The second kappa shape index (κ2) is 14.2. The lowest BCUT2D eigenvalue weighted by Gasteiger charge is -2.46. The zero-order chi connectivity index (χ0) is 40.7. The van der Waals surface area contributed by atoms with Gasteiger partial charge in [-0.3, -0.25) is 9.80 Å². The molecule has 0 aliphatic carbocycles.